The molecular weight excluding hydrogens is 358 g/mol. The van der Waals surface area contributed by atoms with Gasteiger partial charge in [0.1, 0.15) is 5.78 Å². The average molecular weight is 400 g/mol. The summed E-state index contributed by atoms with van der Waals surface area (Å²) in [5, 5.41) is 8.27. The predicted molar refractivity (Wildman–Crippen MR) is 112 cm³/mol. The normalized spacial score (nSPS) is 11.4. The van der Waals surface area contributed by atoms with Crippen molar-refractivity contribution in [3.8, 4) is 0 Å². The van der Waals surface area contributed by atoms with E-state index in [2.05, 4.69) is 44.9 Å². The Bertz CT molecular complexity index is 510. The molecule has 0 N–H and O–H groups in total. The largest absolute Gasteiger partial charge is 0.379 e. The molecule has 0 atom stereocenters. The minimum atomic E-state index is 0.0110. The highest BCUT2D eigenvalue weighted by atomic mass is 16.5. The van der Waals surface area contributed by atoms with Crippen molar-refractivity contribution in [3.63, 3.8) is 0 Å². The zero-order chi connectivity index (χ0) is 21.4. The van der Waals surface area contributed by atoms with Gasteiger partial charge >= 0.3 is 0 Å². The first-order chi connectivity index (χ1) is 13.2. The Kier molecular flexibility index (Phi) is 14.9. The molecule has 0 amide bonds. The number of Topliss-reactive ketones (excluding diaryl/α,β-unsaturated/α-hetero) is 1. The summed E-state index contributed by atoms with van der Waals surface area (Å²) >= 11 is 0. The monoisotopic (exact) mass is 399 g/mol. The molecule has 0 aliphatic heterocycles. The Balaban J connectivity index is 0.00000227. The molecule has 0 aromatic carbocycles. The van der Waals surface area contributed by atoms with Crippen LogP contribution in [0.15, 0.2) is 6.20 Å². The molecule has 0 unspecified atom stereocenters. The maximum atomic E-state index is 11.4. The predicted octanol–water partition coefficient (Wildman–Crippen LogP) is 3.66. The first kappa shape index (κ1) is 26.7. The summed E-state index contributed by atoms with van der Waals surface area (Å²) in [6, 6.07) is 0. The van der Waals surface area contributed by atoms with E-state index in [1.807, 2.05) is 20.0 Å². The minimum Gasteiger partial charge on any atom is -0.379 e. The molecule has 0 saturated carbocycles. The quantitative estimate of drug-likeness (QED) is 0.471. The van der Waals surface area contributed by atoms with E-state index in [0.717, 1.165) is 5.69 Å². The van der Waals surface area contributed by atoms with Crippen LogP contribution in [0.4, 0.5) is 0 Å². The van der Waals surface area contributed by atoms with Crippen molar-refractivity contribution in [2.45, 2.75) is 73.3 Å². The molecule has 1 aromatic rings. The molecule has 0 aliphatic carbocycles. The van der Waals surface area contributed by atoms with Crippen LogP contribution in [0.2, 0.25) is 0 Å². The van der Waals surface area contributed by atoms with Crippen LogP contribution in [0.5, 0.6) is 0 Å². The Morgan fingerprint density at radius 3 is 1.96 bits per heavy atom. The lowest BCUT2D eigenvalue weighted by Gasteiger charge is -2.12. The molecule has 0 aliphatic rings. The summed E-state index contributed by atoms with van der Waals surface area (Å²) in [5.74, 6) is 0.311. The fourth-order valence-electron chi connectivity index (χ4n) is 1.91. The SMILES string of the molecule is CC(C)C(=O)CCOCCOCCOCCn1cc(C(C)(C)C)nn1.CCC. The molecule has 1 rings (SSSR count). The third-order valence-corrected chi connectivity index (χ3v) is 3.65. The number of carbonyl (C=O) groups is 1. The summed E-state index contributed by atoms with van der Waals surface area (Å²) in [4.78, 5) is 11.4. The van der Waals surface area contributed by atoms with Gasteiger partial charge in [0.15, 0.2) is 0 Å². The van der Waals surface area contributed by atoms with Crippen molar-refractivity contribution in [3.05, 3.63) is 11.9 Å². The highest BCUT2D eigenvalue weighted by molar-refractivity contribution is 5.80. The lowest BCUT2D eigenvalue weighted by atomic mass is 9.93. The van der Waals surface area contributed by atoms with Gasteiger partial charge < -0.3 is 14.2 Å². The third kappa shape index (κ3) is 13.8. The number of carbonyl (C=O) groups excluding carboxylic acids is 1. The third-order valence-electron chi connectivity index (χ3n) is 3.65. The number of ketones is 1. The molecule has 0 bridgehead atoms. The van der Waals surface area contributed by atoms with Gasteiger partial charge in [-0.05, 0) is 0 Å². The summed E-state index contributed by atoms with van der Waals surface area (Å²) in [6.07, 6.45) is 3.68. The van der Waals surface area contributed by atoms with Gasteiger partial charge in [-0.2, -0.15) is 0 Å². The fraction of sp³-hybridized carbons (Fsp3) is 0.857. The van der Waals surface area contributed by atoms with Gasteiger partial charge in [0, 0.05) is 24.0 Å². The van der Waals surface area contributed by atoms with Crippen LogP contribution in [0.25, 0.3) is 0 Å². The van der Waals surface area contributed by atoms with Crippen molar-refractivity contribution >= 4 is 5.78 Å². The summed E-state index contributed by atoms with van der Waals surface area (Å²) in [7, 11) is 0. The standard InChI is InChI=1S/C18H33N3O4.C3H8/c1-15(2)16(22)6-8-23-10-12-25-13-11-24-9-7-21-14-17(19-20-21)18(3,4)5;1-3-2/h14-15H,6-13H2,1-5H3;3H2,1-2H3. The smallest absolute Gasteiger partial charge is 0.137 e. The van der Waals surface area contributed by atoms with Gasteiger partial charge in [-0.3, -0.25) is 4.79 Å². The highest BCUT2D eigenvalue weighted by Crippen LogP contribution is 2.18. The average Bonchev–Trinajstić information content (AvgIpc) is 3.09. The van der Waals surface area contributed by atoms with Crippen molar-refractivity contribution in [2.24, 2.45) is 5.92 Å². The van der Waals surface area contributed by atoms with Gasteiger partial charge in [-0.15, -0.1) is 5.10 Å². The summed E-state index contributed by atoms with van der Waals surface area (Å²) in [5.41, 5.74) is 0.989. The molecule has 0 saturated heterocycles. The van der Waals surface area contributed by atoms with E-state index in [9.17, 15) is 4.79 Å². The maximum absolute atomic E-state index is 11.4. The zero-order valence-electron chi connectivity index (χ0n) is 19.0. The maximum Gasteiger partial charge on any atom is 0.137 e. The number of rotatable bonds is 13. The topological polar surface area (TPSA) is 75.5 Å². The van der Waals surface area contributed by atoms with E-state index in [1.165, 1.54) is 6.42 Å². The molecule has 0 spiro atoms. The summed E-state index contributed by atoms with van der Waals surface area (Å²) in [6.45, 7) is 18.2. The highest BCUT2D eigenvalue weighted by Gasteiger charge is 2.17. The van der Waals surface area contributed by atoms with E-state index in [1.54, 1.807) is 4.68 Å². The zero-order valence-corrected chi connectivity index (χ0v) is 19.0. The Labute approximate surface area is 171 Å². The summed E-state index contributed by atoms with van der Waals surface area (Å²) < 4.78 is 18.1. The Hall–Kier alpha value is -1.31. The van der Waals surface area contributed by atoms with Crippen LogP contribution in [0.1, 0.15) is 67.0 Å². The van der Waals surface area contributed by atoms with E-state index >= 15 is 0 Å². The number of nitrogens with zero attached hydrogens (tertiary/aromatic N) is 3. The second-order valence-corrected chi connectivity index (χ2v) is 8.03. The Morgan fingerprint density at radius 2 is 1.50 bits per heavy atom. The first-order valence-electron chi connectivity index (χ1n) is 10.4. The molecule has 7 nitrogen and oxygen atoms in total. The van der Waals surface area contributed by atoms with Crippen LogP contribution >= 0.6 is 0 Å². The van der Waals surface area contributed by atoms with Crippen LogP contribution in [-0.2, 0) is 31.0 Å². The van der Waals surface area contributed by atoms with Crippen molar-refractivity contribution in [1.29, 1.82) is 0 Å². The number of aromatic nitrogens is 3. The van der Waals surface area contributed by atoms with Crippen LogP contribution < -0.4 is 0 Å². The molecular formula is C21H41N3O4. The number of hydrogen-bond donors (Lipinski definition) is 0. The van der Waals surface area contributed by atoms with Gasteiger partial charge in [0.25, 0.3) is 0 Å². The van der Waals surface area contributed by atoms with Crippen LogP contribution in [0.3, 0.4) is 0 Å². The second-order valence-electron chi connectivity index (χ2n) is 8.03. The molecule has 164 valence electrons. The molecule has 1 heterocycles. The fourth-order valence-corrected chi connectivity index (χ4v) is 1.91. The van der Waals surface area contributed by atoms with Crippen LogP contribution in [-0.4, -0.2) is 60.4 Å². The number of hydrogen-bond acceptors (Lipinski definition) is 6. The minimum absolute atomic E-state index is 0.0110. The molecule has 0 radical (unpaired) electrons. The van der Waals surface area contributed by atoms with E-state index in [-0.39, 0.29) is 17.1 Å². The van der Waals surface area contributed by atoms with Gasteiger partial charge in [-0.25, -0.2) is 4.68 Å². The lowest BCUT2D eigenvalue weighted by Crippen LogP contribution is -2.14. The van der Waals surface area contributed by atoms with E-state index in [4.69, 9.17) is 14.2 Å². The number of ether oxygens (including phenoxy) is 3. The molecule has 7 heteroatoms. The second kappa shape index (κ2) is 15.6. The first-order valence-corrected chi connectivity index (χ1v) is 10.4. The van der Waals surface area contributed by atoms with Crippen molar-refractivity contribution in [2.75, 3.05) is 39.6 Å². The van der Waals surface area contributed by atoms with E-state index < -0.39 is 0 Å². The molecule has 28 heavy (non-hydrogen) atoms. The Morgan fingerprint density at radius 1 is 1.00 bits per heavy atom. The van der Waals surface area contributed by atoms with Gasteiger partial charge in [0.2, 0.25) is 0 Å². The van der Waals surface area contributed by atoms with E-state index in [0.29, 0.717) is 52.6 Å². The van der Waals surface area contributed by atoms with Gasteiger partial charge in [0.05, 0.1) is 51.9 Å². The molecule has 0 fully saturated rings. The lowest BCUT2D eigenvalue weighted by molar-refractivity contribution is -0.123. The van der Waals surface area contributed by atoms with Crippen molar-refractivity contribution < 1.29 is 19.0 Å². The van der Waals surface area contributed by atoms with Crippen molar-refractivity contribution in [1.82, 2.24) is 15.0 Å². The molecule has 1 aromatic heterocycles. The van der Waals surface area contributed by atoms with Crippen LogP contribution in [0, 0.1) is 5.92 Å². The van der Waals surface area contributed by atoms with Gasteiger partial charge in [-0.1, -0.05) is 60.1 Å².